The third kappa shape index (κ3) is 2.75. The van der Waals surface area contributed by atoms with Gasteiger partial charge in [0.25, 0.3) is 5.91 Å². The minimum absolute atomic E-state index is 0.0674. The fourth-order valence-electron chi connectivity index (χ4n) is 1.07. The van der Waals surface area contributed by atoms with Crippen molar-refractivity contribution >= 4 is 21.8 Å². The highest BCUT2D eigenvalue weighted by Gasteiger charge is 2.19. The lowest BCUT2D eigenvalue weighted by Gasteiger charge is -2.10. The highest BCUT2D eigenvalue weighted by atomic mass is 79.9. The van der Waals surface area contributed by atoms with Gasteiger partial charge in [0, 0.05) is 6.04 Å². The van der Waals surface area contributed by atoms with E-state index < -0.39 is 23.1 Å². The molecule has 1 aromatic rings. The third-order valence-electron chi connectivity index (χ3n) is 1.69. The summed E-state index contributed by atoms with van der Waals surface area (Å²) in [6, 6.07) is 2.09. The molecule has 0 saturated carbocycles. The van der Waals surface area contributed by atoms with E-state index in [0.717, 1.165) is 6.07 Å². The molecule has 0 fully saturated rings. The minimum Gasteiger partial charge on any atom is -0.350 e. The summed E-state index contributed by atoms with van der Waals surface area (Å²) in [4.78, 5) is 11.4. The number of carbonyl (C=O) groups is 1. The van der Waals surface area contributed by atoms with Crippen molar-refractivity contribution in [3.63, 3.8) is 0 Å². The first-order valence-corrected chi connectivity index (χ1v) is 5.17. The van der Waals surface area contributed by atoms with E-state index in [4.69, 9.17) is 0 Å². The lowest BCUT2D eigenvalue weighted by atomic mass is 10.1. The molecule has 2 nitrogen and oxygen atoms in total. The van der Waals surface area contributed by atoms with Crippen molar-refractivity contribution in [2.45, 2.75) is 19.9 Å². The molecule has 15 heavy (non-hydrogen) atoms. The number of hydrogen-bond donors (Lipinski definition) is 1. The van der Waals surface area contributed by atoms with Crippen molar-refractivity contribution in [3.8, 4) is 0 Å². The summed E-state index contributed by atoms with van der Waals surface area (Å²) in [7, 11) is 0. The summed E-state index contributed by atoms with van der Waals surface area (Å²) in [6.07, 6.45) is 0. The first kappa shape index (κ1) is 12.1. The molecule has 0 unspecified atom stereocenters. The van der Waals surface area contributed by atoms with Crippen LogP contribution < -0.4 is 5.32 Å². The average molecular weight is 278 g/mol. The fourth-order valence-corrected chi connectivity index (χ4v) is 1.40. The Hall–Kier alpha value is -0.970. The Morgan fingerprint density at radius 1 is 1.40 bits per heavy atom. The topological polar surface area (TPSA) is 29.1 Å². The molecule has 0 spiro atoms. The van der Waals surface area contributed by atoms with Crippen molar-refractivity contribution in [3.05, 3.63) is 33.8 Å². The molecule has 1 amide bonds. The smallest absolute Gasteiger partial charge is 0.257 e. The van der Waals surface area contributed by atoms with Crippen LogP contribution in [-0.2, 0) is 0 Å². The van der Waals surface area contributed by atoms with E-state index >= 15 is 0 Å². The molecule has 0 aliphatic rings. The highest BCUT2D eigenvalue weighted by Crippen LogP contribution is 2.21. The van der Waals surface area contributed by atoms with Crippen LogP contribution in [0.25, 0.3) is 0 Å². The van der Waals surface area contributed by atoms with Crippen LogP contribution in [0.15, 0.2) is 16.6 Å². The maximum Gasteiger partial charge on any atom is 0.257 e. The molecule has 0 bridgehead atoms. The van der Waals surface area contributed by atoms with Gasteiger partial charge in [0.2, 0.25) is 0 Å². The first-order chi connectivity index (χ1) is 6.93. The van der Waals surface area contributed by atoms with Crippen LogP contribution in [0.3, 0.4) is 0 Å². The zero-order chi connectivity index (χ0) is 11.6. The van der Waals surface area contributed by atoms with Gasteiger partial charge in [-0.25, -0.2) is 8.78 Å². The molecule has 0 aliphatic heterocycles. The first-order valence-electron chi connectivity index (χ1n) is 4.38. The molecular formula is C10H10BrF2NO. The number of amides is 1. The molecule has 0 saturated heterocycles. The van der Waals surface area contributed by atoms with E-state index in [1.54, 1.807) is 13.8 Å². The average Bonchev–Trinajstić information content (AvgIpc) is 2.11. The Bertz CT molecular complexity index is 393. The quantitative estimate of drug-likeness (QED) is 0.828. The van der Waals surface area contributed by atoms with Crippen LogP contribution in [0.4, 0.5) is 8.78 Å². The summed E-state index contributed by atoms with van der Waals surface area (Å²) in [6.45, 7) is 3.43. The third-order valence-corrected chi connectivity index (χ3v) is 2.30. The molecule has 0 heterocycles. The second-order valence-corrected chi connectivity index (χ2v) is 4.20. The highest BCUT2D eigenvalue weighted by molar-refractivity contribution is 9.10. The lowest BCUT2D eigenvalue weighted by molar-refractivity contribution is 0.0934. The Kier molecular flexibility index (Phi) is 3.79. The number of benzene rings is 1. The molecule has 82 valence electrons. The van der Waals surface area contributed by atoms with E-state index in [9.17, 15) is 13.6 Å². The number of hydrogen-bond acceptors (Lipinski definition) is 1. The van der Waals surface area contributed by atoms with Gasteiger partial charge in [0.1, 0.15) is 11.4 Å². The minimum atomic E-state index is -0.881. The van der Waals surface area contributed by atoms with Crippen LogP contribution in [0.5, 0.6) is 0 Å². The molecular weight excluding hydrogens is 268 g/mol. The second kappa shape index (κ2) is 4.70. The van der Waals surface area contributed by atoms with Gasteiger partial charge in [-0.2, -0.15) is 0 Å². The van der Waals surface area contributed by atoms with Crippen molar-refractivity contribution in [2.24, 2.45) is 0 Å². The maximum atomic E-state index is 13.4. The zero-order valence-corrected chi connectivity index (χ0v) is 9.86. The predicted octanol–water partition coefficient (Wildman–Crippen LogP) is 2.87. The molecule has 0 aromatic heterocycles. The van der Waals surface area contributed by atoms with E-state index in [2.05, 4.69) is 21.2 Å². The van der Waals surface area contributed by atoms with Gasteiger partial charge in [-0.15, -0.1) is 0 Å². The Balaban J connectivity index is 3.13. The molecule has 1 rings (SSSR count). The van der Waals surface area contributed by atoms with Gasteiger partial charge >= 0.3 is 0 Å². The molecule has 1 N–H and O–H groups in total. The van der Waals surface area contributed by atoms with E-state index in [-0.39, 0.29) is 10.5 Å². The van der Waals surface area contributed by atoms with Crippen molar-refractivity contribution < 1.29 is 13.6 Å². The van der Waals surface area contributed by atoms with Gasteiger partial charge < -0.3 is 5.32 Å². The van der Waals surface area contributed by atoms with Crippen LogP contribution in [0, 0.1) is 11.6 Å². The number of rotatable bonds is 2. The summed E-state index contributed by atoms with van der Waals surface area (Å²) < 4.78 is 26.7. The number of nitrogens with one attached hydrogen (secondary N) is 1. The zero-order valence-electron chi connectivity index (χ0n) is 8.27. The van der Waals surface area contributed by atoms with Gasteiger partial charge in [0.15, 0.2) is 5.82 Å². The molecule has 0 aliphatic carbocycles. The largest absolute Gasteiger partial charge is 0.350 e. The van der Waals surface area contributed by atoms with E-state index in [0.29, 0.717) is 0 Å². The number of halogens is 3. The summed E-state index contributed by atoms with van der Waals surface area (Å²) in [5.41, 5.74) is -0.557. The fraction of sp³-hybridized carbons (Fsp3) is 0.300. The normalized spacial score (nSPS) is 10.5. The van der Waals surface area contributed by atoms with Crippen LogP contribution in [-0.4, -0.2) is 11.9 Å². The second-order valence-electron chi connectivity index (χ2n) is 3.35. The van der Waals surface area contributed by atoms with Gasteiger partial charge in [-0.1, -0.05) is 0 Å². The van der Waals surface area contributed by atoms with Crippen molar-refractivity contribution in [1.29, 1.82) is 0 Å². The Labute approximate surface area is 94.8 Å². The van der Waals surface area contributed by atoms with Crippen LogP contribution in [0.2, 0.25) is 0 Å². The molecule has 0 atom stereocenters. The molecule has 1 aromatic carbocycles. The van der Waals surface area contributed by atoms with Crippen molar-refractivity contribution in [1.82, 2.24) is 5.32 Å². The monoisotopic (exact) mass is 277 g/mol. The summed E-state index contributed by atoms with van der Waals surface area (Å²) in [5, 5.41) is 2.43. The SMILES string of the molecule is CC(C)NC(=O)c1c(F)ccc(Br)c1F. The molecule has 0 radical (unpaired) electrons. The van der Waals surface area contributed by atoms with Gasteiger partial charge in [-0.05, 0) is 41.9 Å². The van der Waals surface area contributed by atoms with Crippen molar-refractivity contribution in [2.75, 3.05) is 0 Å². The Morgan fingerprint density at radius 2 is 2.00 bits per heavy atom. The van der Waals surface area contributed by atoms with Gasteiger partial charge in [0.05, 0.1) is 4.47 Å². The van der Waals surface area contributed by atoms with Crippen LogP contribution in [0.1, 0.15) is 24.2 Å². The van der Waals surface area contributed by atoms with E-state index in [1.165, 1.54) is 6.07 Å². The van der Waals surface area contributed by atoms with Crippen LogP contribution >= 0.6 is 15.9 Å². The van der Waals surface area contributed by atoms with Gasteiger partial charge in [-0.3, -0.25) is 4.79 Å². The standard InChI is InChI=1S/C10H10BrF2NO/c1-5(2)14-10(15)8-7(12)4-3-6(11)9(8)13/h3-5H,1-2H3,(H,14,15). The molecule has 5 heteroatoms. The summed E-state index contributed by atoms with van der Waals surface area (Å²) >= 11 is 2.89. The maximum absolute atomic E-state index is 13.4. The number of carbonyl (C=O) groups excluding carboxylic acids is 1. The Morgan fingerprint density at radius 3 is 2.53 bits per heavy atom. The lowest BCUT2D eigenvalue weighted by Crippen LogP contribution is -2.31. The predicted molar refractivity (Wildman–Crippen MR) is 56.7 cm³/mol. The summed E-state index contributed by atoms with van der Waals surface area (Å²) in [5.74, 6) is -2.50. The van der Waals surface area contributed by atoms with E-state index in [1.807, 2.05) is 0 Å².